The van der Waals surface area contributed by atoms with Crippen molar-refractivity contribution in [2.75, 3.05) is 20.3 Å². The van der Waals surface area contributed by atoms with E-state index in [1.807, 2.05) is 6.92 Å². The summed E-state index contributed by atoms with van der Waals surface area (Å²) >= 11 is 0. The third-order valence-electron chi connectivity index (χ3n) is 3.20. The number of pyridine rings is 1. The molecule has 1 saturated heterocycles. The van der Waals surface area contributed by atoms with E-state index in [0.717, 1.165) is 30.8 Å². The lowest BCUT2D eigenvalue weighted by Gasteiger charge is -2.24. The molecule has 0 aliphatic carbocycles. The molecule has 0 radical (unpaired) electrons. The van der Waals surface area contributed by atoms with Gasteiger partial charge in [0.1, 0.15) is 6.61 Å². The molecular weight excluding hydrogens is 232 g/mol. The number of methoxy groups -OCH3 is 1. The Hall–Kier alpha value is -1.62. The van der Waals surface area contributed by atoms with Crippen molar-refractivity contribution in [1.82, 2.24) is 9.88 Å². The van der Waals surface area contributed by atoms with Crippen molar-refractivity contribution >= 4 is 5.91 Å². The first kappa shape index (κ1) is 12.8. The second kappa shape index (κ2) is 5.35. The van der Waals surface area contributed by atoms with Crippen LogP contribution in [0.1, 0.15) is 30.3 Å². The van der Waals surface area contributed by atoms with Gasteiger partial charge in [0.05, 0.1) is 6.04 Å². The molecule has 1 aliphatic heterocycles. The van der Waals surface area contributed by atoms with Gasteiger partial charge in [-0.3, -0.25) is 9.59 Å². The average Bonchev–Trinajstić information content (AvgIpc) is 2.76. The van der Waals surface area contributed by atoms with Crippen LogP contribution in [0, 0.1) is 6.92 Å². The molecule has 5 nitrogen and oxygen atoms in total. The molecule has 0 spiro atoms. The number of hydrogen-bond acceptors (Lipinski definition) is 3. The van der Waals surface area contributed by atoms with E-state index in [-0.39, 0.29) is 24.0 Å². The van der Waals surface area contributed by atoms with E-state index in [4.69, 9.17) is 4.74 Å². The maximum Gasteiger partial charge on any atom is 0.249 e. The molecule has 0 aromatic carbocycles. The summed E-state index contributed by atoms with van der Waals surface area (Å²) < 4.78 is 4.88. The van der Waals surface area contributed by atoms with Crippen LogP contribution in [0.25, 0.3) is 0 Å². The lowest BCUT2D eigenvalue weighted by Crippen LogP contribution is -2.34. The minimum absolute atomic E-state index is 0.0210. The van der Waals surface area contributed by atoms with Crippen molar-refractivity contribution in [3.8, 4) is 0 Å². The Bertz CT molecular complexity index is 495. The van der Waals surface area contributed by atoms with Crippen LogP contribution >= 0.6 is 0 Å². The Kier molecular flexibility index (Phi) is 3.81. The van der Waals surface area contributed by atoms with Crippen molar-refractivity contribution in [1.29, 1.82) is 0 Å². The Morgan fingerprint density at radius 1 is 1.56 bits per heavy atom. The van der Waals surface area contributed by atoms with E-state index in [9.17, 15) is 9.59 Å². The highest BCUT2D eigenvalue weighted by Crippen LogP contribution is 2.30. The molecule has 0 unspecified atom stereocenters. The number of rotatable bonds is 3. The third-order valence-corrected chi connectivity index (χ3v) is 3.20. The molecule has 0 bridgehead atoms. The van der Waals surface area contributed by atoms with E-state index in [2.05, 4.69) is 4.98 Å². The van der Waals surface area contributed by atoms with Crippen molar-refractivity contribution < 1.29 is 9.53 Å². The third kappa shape index (κ3) is 2.61. The fraction of sp³-hybridized carbons (Fsp3) is 0.538. The molecule has 2 rings (SSSR count). The first-order valence-electron chi connectivity index (χ1n) is 6.11. The molecule has 5 heteroatoms. The predicted octanol–water partition coefficient (Wildman–Crippen LogP) is 0.993. The monoisotopic (exact) mass is 250 g/mol. The molecule has 1 fully saturated rings. The largest absolute Gasteiger partial charge is 0.375 e. The number of ether oxygens (including phenoxy) is 1. The fourth-order valence-electron chi connectivity index (χ4n) is 2.48. The molecular formula is C13H18N2O3. The number of aromatic nitrogens is 1. The Morgan fingerprint density at radius 2 is 2.33 bits per heavy atom. The quantitative estimate of drug-likeness (QED) is 0.870. The van der Waals surface area contributed by atoms with Gasteiger partial charge in [-0.15, -0.1) is 0 Å². The van der Waals surface area contributed by atoms with Crippen LogP contribution in [-0.2, 0) is 9.53 Å². The highest BCUT2D eigenvalue weighted by atomic mass is 16.5. The average molecular weight is 250 g/mol. The van der Waals surface area contributed by atoms with Gasteiger partial charge in [0.25, 0.3) is 0 Å². The molecule has 1 aromatic rings. The van der Waals surface area contributed by atoms with E-state index in [1.54, 1.807) is 17.0 Å². The summed E-state index contributed by atoms with van der Waals surface area (Å²) in [5.74, 6) is -0.0256. The lowest BCUT2D eigenvalue weighted by molar-refractivity contribution is -0.136. The minimum Gasteiger partial charge on any atom is -0.375 e. The van der Waals surface area contributed by atoms with E-state index >= 15 is 0 Å². The molecule has 2 heterocycles. The highest BCUT2D eigenvalue weighted by Gasteiger charge is 2.30. The summed E-state index contributed by atoms with van der Waals surface area (Å²) in [4.78, 5) is 28.4. The molecule has 1 aromatic heterocycles. The van der Waals surface area contributed by atoms with Gasteiger partial charge < -0.3 is 14.6 Å². The van der Waals surface area contributed by atoms with Crippen molar-refractivity contribution in [3.63, 3.8) is 0 Å². The number of likely N-dealkylation sites (tertiary alicyclic amines) is 1. The summed E-state index contributed by atoms with van der Waals surface area (Å²) in [5, 5.41) is 0. The first-order chi connectivity index (χ1) is 8.61. The number of H-pyrrole nitrogens is 1. The zero-order valence-corrected chi connectivity index (χ0v) is 10.7. The summed E-state index contributed by atoms with van der Waals surface area (Å²) in [6.07, 6.45) is 1.84. The van der Waals surface area contributed by atoms with Crippen LogP contribution in [0.5, 0.6) is 0 Å². The van der Waals surface area contributed by atoms with Gasteiger partial charge in [-0.2, -0.15) is 0 Å². The smallest absolute Gasteiger partial charge is 0.249 e. The molecule has 0 saturated carbocycles. The summed E-state index contributed by atoms with van der Waals surface area (Å²) in [5.41, 5.74) is 1.62. The fourth-order valence-corrected chi connectivity index (χ4v) is 2.48. The summed E-state index contributed by atoms with van der Waals surface area (Å²) in [7, 11) is 1.51. The van der Waals surface area contributed by atoms with Gasteiger partial charge in [-0.05, 0) is 19.8 Å². The lowest BCUT2D eigenvalue weighted by atomic mass is 10.1. The number of nitrogens with zero attached hydrogens (tertiary/aromatic N) is 1. The van der Waals surface area contributed by atoms with Crippen LogP contribution in [-0.4, -0.2) is 36.1 Å². The SMILES string of the molecule is COCC(=O)N1CCC[C@@H]1c1cc(=O)cc(C)[nH]1. The Morgan fingerprint density at radius 3 is 3.00 bits per heavy atom. The maximum atomic E-state index is 11.9. The summed E-state index contributed by atoms with van der Waals surface area (Å²) in [6.45, 7) is 2.66. The first-order valence-corrected chi connectivity index (χ1v) is 6.11. The maximum absolute atomic E-state index is 11.9. The van der Waals surface area contributed by atoms with Gasteiger partial charge in [0.15, 0.2) is 5.43 Å². The second-order valence-corrected chi connectivity index (χ2v) is 4.63. The number of amides is 1. The standard InChI is InChI=1S/C13H18N2O3/c1-9-6-10(16)7-11(14-9)12-4-3-5-15(12)13(17)8-18-2/h6-7,12H,3-5,8H2,1-2H3,(H,14,16)/t12-/m1/s1. The number of carbonyl (C=O) groups excluding carboxylic acids is 1. The second-order valence-electron chi connectivity index (χ2n) is 4.63. The van der Waals surface area contributed by atoms with Gasteiger partial charge in [-0.25, -0.2) is 0 Å². The van der Waals surface area contributed by atoms with Crippen molar-refractivity contribution in [2.24, 2.45) is 0 Å². The molecule has 98 valence electrons. The minimum atomic E-state index is -0.0275. The number of carbonyl (C=O) groups is 1. The van der Waals surface area contributed by atoms with Crippen LogP contribution in [0.4, 0.5) is 0 Å². The Labute approximate surface area is 106 Å². The van der Waals surface area contributed by atoms with Crippen LogP contribution in [0.3, 0.4) is 0 Å². The molecule has 1 aliphatic rings. The Balaban J connectivity index is 2.25. The number of aryl methyl sites for hydroxylation is 1. The summed E-state index contributed by atoms with van der Waals surface area (Å²) in [6, 6.07) is 3.11. The van der Waals surface area contributed by atoms with Crippen molar-refractivity contribution in [3.05, 3.63) is 33.7 Å². The van der Waals surface area contributed by atoms with E-state index < -0.39 is 0 Å². The van der Waals surface area contributed by atoms with Crippen molar-refractivity contribution in [2.45, 2.75) is 25.8 Å². The topological polar surface area (TPSA) is 62.4 Å². The van der Waals surface area contributed by atoms with Gasteiger partial charge >= 0.3 is 0 Å². The van der Waals surface area contributed by atoms with Crippen LogP contribution in [0.2, 0.25) is 0 Å². The van der Waals surface area contributed by atoms with Gasteiger partial charge in [-0.1, -0.05) is 0 Å². The normalized spacial score (nSPS) is 19.2. The van der Waals surface area contributed by atoms with Crippen LogP contribution < -0.4 is 5.43 Å². The zero-order valence-electron chi connectivity index (χ0n) is 10.7. The molecule has 1 atom stereocenters. The van der Waals surface area contributed by atoms with Gasteiger partial charge in [0, 0.05) is 37.2 Å². The van der Waals surface area contributed by atoms with Crippen LogP contribution in [0.15, 0.2) is 16.9 Å². The predicted molar refractivity (Wildman–Crippen MR) is 67.4 cm³/mol. The van der Waals surface area contributed by atoms with E-state index in [1.165, 1.54) is 7.11 Å². The molecule has 1 amide bonds. The number of aromatic amines is 1. The molecule has 1 N–H and O–H groups in total. The highest BCUT2D eigenvalue weighted by molar-refractivity contribution is 5.78. The van der Waals surface area contributed by atoms with E-state index in [0.29, 0.717) is 0 Å². The zero-order chi connectivity index (χ0) is 13.1. The number of nitrogens with one attached hydrogen (secondary N) is 1. The molecule has 18 heavy (non-hydrogen) atoms. The van der Waals surface area contributed by atoms with Gasteiger partial charge in [0.2, 0.25) is 5.91 Å². The number of hydrogen-bond donors (Lipinski definition) is 1.